The molecule has 1 aromatic heterocycles. The van der Waals surface area contributed by atoms with Crippen LogP contribution in [-0.4, -0.2) is 15.1 Å². The van der Waals surface area contributed by atoms with Gasteiger partial charge in [-0.15, -0.1) is 0 Å². The molecule has 0 aliphatic heterocycles. The van der Waals surface area contributed by atoms with Crippen molar-refractivity contribution in [2.24, 2.45) is 12.5 Å². The van der Waals surface area contributed by atoms with E-state index in [1.54, 1.807) is 0 Å². The molecule has 1 fully saturated rings. The van der Waals surface area contributed by atoms with Crippen molar-refractivity contribution in [3.05, 3.63) is 18.0 Å². The summed E-state index contributed by atoms with van der Waals surface area (Å²) in [6, 6.07) is 2.14. The average molecular weight is 271 g/mol. The van der Waals surface area contributed by atoms with Crippen LogP contribution >= 0.6 is 15.9 Å². The minimum atomic E-state index is 0.574. The Labute approximate surface area is 100 Å². The highest BCUT2D eigenvalue weighted by molar-refractivity contribution is 9.09. The van der Waals surface area contributed by atoms with Crippen LogP contribution in [0.4, 0.5) is 0 Å². The van der Waals surface area contributed by atoms with Gasteiger partial charge < -0.3 is 0 Å². The molecule has 84 valence electrons. The van der Waals surface area contributed by atoms with Gasteiger partial charge in [-0.2, -0.15) is 5.10 Å². The highest BCUT2D eigenvalue weighted by atomic mass is 79.9. The number of aryl methyl sites for hydroxylation is 2. The normalized spacial score (nSPS) is 19.6. The fraction of sp³-hybridized carbons (Fsp3) is 0.750. The predicted molar refractivity (Wildman–Crippen MR) is 66.2 cm³/mol. The summed E-state index contributed by atoms with van der Waals surface area (Å²) in [6.45, 7) is 0. The molecule has 15 heavy (non-hydrogen) atoms. The SMILES string of the molecule is Cn1nccc1CCC1(CBr)CCCC1. The molecule has 3 heteroatoms. The van der Waals surface area contributed by atoms with Crippen molar-refractivity contribution < 1.29 is 0 Å². The molecule has 0 bridgehead atoms. The van der Waals surface area contributed by atoms with Crippen molar-refractivity contribution in [1.29, 1.82) is 0 Å². The van der Waals surface area contributed by atoms with Crippen LogP contribution in [0.3, 0.4) is 0 Å². The van der Waals surface area contributed by atoms with Crippen LogP contribution in [0.2, 0.25) is 0 Å². The molecule has 0 saturated heterocycles. The van der Waals surface area contributed by atoms with Crippen molar-refractivity contribution in [3.8, 4) is 0 Å². The molecule has 0 N–H and O–H groups in total. The summed E-state index contributed by atoms with van der Waals surface area (Å²) in [5.41, 5.74) is 1.94. The maximum absolute atomic E-state index is 4.22. The van der Waals surface area contributed by atoms with Gasteiger partial charge in [-0.1, -0.05) is 28.8 Å². The van der Waals surface area contributed by atoms with E-state index in [-0.39, 0.29) is 0 Å². The van der Waals surface area contributed by atoms with E-state index in [1.807, 2.05) is 17.9 Å². The minimum absolute atomic E-state index is 0.574. The Morgan fingerprint density at radius 1 is 1.47 bits per heavy atom. The van der Waals surface area contributed by atoms with Gasteiger partial charge in [-0.3, -0.25) is 4.68 Å². The lowest BCUT2D eigenvalue weighted by Gasteiger charge is -2.26. The van der Waals surface area contributed by atoms with Crippen LogP contribution < -0.4 is 0 Å². The predicted octanol–water partition coefficient (Wildman–Crippen LogP) is 3.31. The van der Waals surface area contributed by atoms with Crippen LogP contribution in [0.1, 0.15) is 37.8 Å². The smallest absolute Gasteiger partial charge is 0.0492 e. The topological polar surface area (TPSA) is 17.8 Å². The van der Waals surface area contributed by atoms with Crippen molar-refractivity contribution in [2.45, 2.75) is 38.5 Å². The lowest BCUT2D eigenvalue weighted by atomic mass is 9.83. The van der Waals surface area contributed by atoms with Gasteiger partial charge in [0.15, 0.2) is 0 Å². The molecule has 0 atom stereocenters. The Kier molecular flexibility index (Phi) is 3.49. The molecule has 1 saturated carbocycles. The first kappa shape index (κ1) is 11.2. The molecule has 1 aliphatic rings. The summed E-state index contributed by atoms with van der Waals surface area (Å²) in [5.74, 6) is 0. The largest absolute Gasteiger partial charge is 0.273 e. The zero-order valence-corrected chi connectivity index (χ0v) is 11.0. The van der Waals surface area contributed by atoms with E-state index >= 15 is 0 Å². The first-order valence-corrected chi connectivity index (χ1v) is 6.91. The minimum Gasteiger partial charge on any atom is -0.273 e. The van der Waals surface area contributed by atoms with E-state index in [2.05, 4.69) is 27.1 Å². The summed E-state index contributed by atoms with van der Waals surface area (Å²) >= 11 is 3.69. The Bertz CT molecular complexity index is 313. The van der Waals surface area contributed by atoms with Crippen molar-refractivity contribution >= 4 is 15.9 Å². The molecular formula is C12H19BrN2. The van der Waals surface area contributed by atoms with E-state index in [9.17, 15) is 0 Å². The first-order valence-electron chi connectivity index (χ1n) is 5.79. The molecule has 0 spiro atoms. The third kappa shape index (κ3) is 2.44. The number of aromatic nitrogens is 2. The quantitative estimate of drug-likeness (QED) is 0.768. The van der Waals surface area contributed by atoms with E-state index in [0.29, 0.717) is 5.41 Å². The number of rotatable bonds is 4. The van der Waals surface area contributed by atoms with E-state index in [1.165, 1.54) is 44.2 Å². The monoisotopic (exact) mass is 270 g/mol. The third-order valence-electron chi connectivity index (χ3n) is 3.78. The van der Waals surface area contributed by atoms with Gasteiger partial charge in [0.05, 0.1) is 0 Å². The summed E-state index contributed by atoms with van der Waals surface area (Å²) < 4.78 is 2.00. The second kappa shape index (κ2) is 4.69. The first-order chi connectivity index (χ1) is 7.26. The summed E-state index contributed by atoms with van der Waals surface area (Å²) in [4.78, 5) is 0. The number of alkyl halides is 1. The van der Waals surface area contributed by atoms with Gasteiger partial charge in [0.1, 0.15) is 0 Å². The lowest BCUT2D eigenvalue weighted by molar-refractivity contribution is 0.317. The zero-order valence-electron chi connectivity index (χ0n) is 9.38. The number of halogens is 1. The second-order valence-electron chi connectivity index (χ2n) is 4.79. The average Bonchev–Trinajstić information content (AvgIpc) is 2.85. The Morgan fingerprint density at radius 3 is 2.73 bits per heavy atom. The van der Waals surface area contributed by atoms with Crippen LogP contribution in [0.15, 0.2) is 12.3 Å². The standard InChI is InChI=1S/C12H19BrN2/c1-15-11(5-9-14-15)4-8-12(10-13)6-2-3-7-12/h5,9H,2-4,6-8,10H2,1H3. The zero-order chi connectivity index (χ0) is 10.7. The van der Waals surface area contributed by atoms with E-state index < -0.39 is 0 Å². The fourth-order valence-electron chi connectivity index (χ4n) is 2.62. The number of nitrogens with zero attached hydrogens (tertiary/aromatic N) is 2. The van der Waals surface area contributed by atoms with Gasteiger partial charge in [0.2, 0.25) is 0 Å². The Balaban J connectivity index is 1.94. The van der Waals surface area contributed by atoms with Crippen molar-refractivity contribution in [1.82, 2.24) is 9.78 Å². The summed E-state index contributed by atoms with van der Waals surface area (Å²) in [6.07, 6.45) is 9.99. The molecule has 1 heterocycles. The molecule has 0 unspecified atom stereocenters. The summed E-state index contributed by atoms with van der Waals surface area (Å²) in [7, 11) is 2.03. The number of hydrogen-bond donors (Lipinski definition) is 0. The molecule has 1 aromatic rings. The highest BCUT2D eigenvalue weighted by Gasteiger charge is 2.32. The van der Waals surface area contributed by atoms with Gasteiger partial charge in [0, 0.05) is 24.3 Å². The molecule has 0 amide bonds. The molecule has 2 rings (SSSR count). The van der Waals surface area contributed by atoms with Crippen LogP contribution in [0, 0.1) is 5.41 Å². The molecule has 0 aromatic carbocycles. The Hall–Kier alpha value is -0.310. The molecular weight excluding hydrogens is 252 g/mol. The van der Waals surface area contributed by atoms with Crippen molar-refractivity contribution in [3.63, 3.8) is 0 Å². The number of hydrogen-bond acceptors (Lipinski definition) is 1. The molecule has 0 radical (unpaired) electrons. The van der Waals surface area contributed by atoms with Gasteiger partial charge in [0.25, 0.3) is 0 Å². The lowest BCUT2D eigenvalue weighted by Crippen LogP contribution is -2.19. The van der Waals surface area contributed by atoms with E-state index in [4.69, 9.17) is 0 Å². The van der Waals surface area contributed by atoms with Crippen LogP contribution in [0.5, 0.6) is 0 Å². The van der Waals surface area contributed by atoms with Gasteiger partial charge in [-0.05, 0) is 37.2 Å². The van der Waals surface area contributed by atoms with Crippen LogP contribution in [0.25, 0.3) is 0 Å². The van der Waals surface area contributed by atoms with Crippen LogP contribution in [-0.2, 0) is 13.5 Å². The van der Waals surface area contributed by atoms with Gasteiger partial charge in [-0.25, -0.2) is 0 Å². The third-order valence-corrected chi connectivity index (χ3v) is 4.97. The second-order valence-corrected chi connectivity index (χ2v) is 5.35. The van der Waals surface area contributed by atoms with Crippen molar-refractivity contribution in [2.75, 3.05) is 5.33 Å². The fourth-order valence-corrected chi connectivity index (χ4v) is 3.46. The molecule has 1 aliphatic carbocycles. The highest BCUT2D eigenvalue weighted by Crippen LogP contribution is 2.43. The van der Waals surface area contributed by atoms with E-state index in [0.717, 1.165) is 5.33 Å². The summed E-state index contributed by atoms with van der Waals surface area (Å²) in [5, 5.41) is 5.38. The molecule has 2 nitrogen and oxygen atoms in total. The Morgan fingerprint density at radius 2 is 2.20 bits per heavy atom. The maximum Gasteiger partial charge on any atom is 0.0492 e. The maximum atomic E-state index is 4.22. The van der Waals surface area contributed by atoms with Gasteiger partial charge >= 0.3 is 0 Å².